The Kier molecular flexibility index (Phi) is 3.70. The number of hydrogen-bond acceptors (Lipinski definition) is 3. The van der Waals surface area contributed by atoms with E-state index in [4.69, 9.17) is 9.31 Å². The Morgan fingerprint density at radius 1 is 1.14 bits per heavy atom. The van der Waals surface area contributed by atoms with Gasteiger partial charge in [0.25, 0.3) is 0 Å². The number of nitrogens with zero attached hydrogens (tertiary/aromatic N) is 1. The Hall–Kier alpha value is -1.13. The van der Waals surface area contributed by atoms with Crippen LogP contribution in [0.1, 0.15) is 64.1 Å². The van der Waals surface area contributed by atoms with E-state index in [1.807, 2.05) is 18.2 Å². The molecule has 3 rings (SSSR count). The highest BCUT2D eigenvalue weighted by Gasteiger charge is 2.49. The van der Waals surface area contributed by atoms with Crippen molar-refractivity contribution in [1.29, 1.82) is 0 Å². The molecule has 1 saturated carbocycles. The summed E-state index contributed by atoms with van der Waals surface area (Å²) < 4.78 is 11.9. The SMILES string of the molecule is CC1(C)OB(/C=C/c2ccc(C3CCC3)nc2)OC1(C)C. The summed E-state index contributed by atoms with van der Waals surface area (Å²) in [6.07, 6.45) is 7.89. The quantitative estimate of drug-likeness (QED) is 0.787. The van der Waals surface area contributed by atoms with Gasteiger partial charge in [0.1, 0.15) is 0 Å². The van der Waals surface area contributed by atoms with Crippen molar-refractivity contribution < 1.29 is 9.31 Å². The first-order chi connectivity index (χ1) is 9.87. The average Bonchev–Trinajstić information content (AvgIpc) is 2.55. The van der Waals surface area contributed by atoms with Crippen LogP contribution in [-0.4, -0.2) is 23.3 Å². The predicted molar refractivity (Wildman–Crippen MR) is 85.9 cm³/mol. The van der Waals surface area contributed by atoms with E-state index in [0.29, 0.717) is 5.92 Å². The molecule has 21 heavy (non-hydrogen) atoms. The third-order valence-electron chi connectivity index (χ3n) is 5.05. The molecule has 1 aromatic rings. The molecular formula is C17H24BNO2. The van der Waals surface area contributed by atoms with E-state index in [1.54, 1.807) is 0 Å². The fourth-order valence-electron chi connectivity index (χ4n) is 2.62. The van der Waals surface area contributed by atoms with Crippen LogP contribution in [0.4, 0.5) is 0 Å². The molecule has 2 aliphatic rings. The standard InChI is InChI=1S/C17H24BNO2/c1-16(2)17(3,4)21-18(20-16)11-10-13-8-9-15(19-12-13)14-6-5-7-14/h8-12,14H,5-7H2,1-4H3/b11-10+. The van der Waals surface area contributed by atoms with Gasteiger partial charge in [-0.2, -0.15) is 0 Å². The normalized spacial score (nSPS) is 24.5. The summed E-state index contributed by atoms with van der Waals surface area (Å²) >= 11 is 0. The molecule has 1 saturated heterocycles. The van der Waals surface area contributed by atoms with Gasteiger partial charge in [0.05, 0.1) is 11.2 Å². The minimum absolute atomic E-state index is 0.283. The lowest BCUT2D eigenvalue weighted by Gasteiger charge is -2.32. The van der Waals surface area contributed by atoms with Crippen LogP contribution in [-0.2, 0) is 9.31 Å². The summed E-state index contributed by atoms with van der Waals surface area (Å²) in [5.74, 6) is 2.66. The summed E-state index contributed by atoms with van der Waals surface area (Å²) in [6.45, 7) is 8.26. The fourth-order valence-corrected chi connectivity index (χ4v) is 2.62. The van der Waals surface area contributed by atoms with E-state index < -0.39 is 0 Å². The van der Waals surface area contributed by atoms with Crippen molar-refractivity contribution in [1.82, 2.24) is 4.98 Å². The van der Waals surface area contributed by atoms with Gasteiger partial charge in [-0.15, -0.1) is 0 Å². The van der Waals surface area contributed by atoms with Gasteiger partial charge in [-0.3, -0.25) is 4.98 Å². The molecule has 0 aromatic carbocycles. The molecule has 0 atom stereocenters. The topological polar surface area (TPSA) is 31.4 Å². The van der Waals surface area contributed by atoms with Crippen molar-refractivity contribution in [3.8, 4) is 0 Å². The van der Waals surface area contributed by atoms with Gasteiger partial charge in [0, 0.05) is 17.8 Å². The highest BCUT2D eigenvalue weighted by molar-refractivity contribution is 6.52. The van der Waals surface area contributed by atoms with E-state index in [-0.39, 0.29) is 18.3 Å². The molecule has 3 nitrogen and oxygen atoms in total. The Labute approximate surface area is 127 Å². The zero-order valence-corrected chi connectivity index (χ0v) is 13.4. The summed E-state index contributed by atoms with van der Waals surface area (Å²) in [5.41, 5.74) is 1.75. The zero-order valence-electron chi connectivity index (χ0n) is 13.4. The number of pyridine rings is 1. The Morgan fingerprint density at radius 3 is 2.29 bits per heavy atom. The highest BCUT2D eigenvalue weighted by atomic mass is 16.7. The van der Waals surface area contributed by atoms with Gasteiger partial charge in [0.15, 0.2) is 0 Å². The van der Waals surface area contributed by atoms with Crippen molar-refractivity contribution >= 4 is 13.2 Å². The minimum atomic E-state index is -0.290. The molecule has 0 radical (unpaired) electrons. The molecule has 0 amide bonds. The second-order valence-electron chi connectivity index (χ2n) is 7.13. The van der Waals surface area contributed by atoms with Crippen LogP contribution >= 0.6 is 0 Å². The fraction of sp³-hybridized carbons (Fsp3) is 0.588. The largest absolute Gasteiger partial charge is 0.487 e. The highest BCUT2D eigenvalue weighted by Crippen LogP contribution is 2.37. The Balaban J connectivity index is 1.64. The first-order valence-electron chi connectivity index (χ1n) is 7.87. The van der Waals surface area contributed by atoms with Crippen molar-refractivity contribution in [3.05, 3.63) is 35.6 Å². The van der Waals surface area contributed by atoms with E-state index in [0.717, 1.165) is 5.56 Å². The van der Waals surface area contributed by atoms with Crippen LogP contribution in [0, 0.1) is 0 Å². The summed E-state index contributed by atoms with van der Waals surface area (Å²) in [5, 5.41) is 0. The Bertz CT molecular complexity index is 516. The molecule has 112 valence electrons. The molecule has 0 spiro atoms. The molecule has 4 heteroatoms. The first kappa shape index (κ1) is 14.8. The predicted octanol–water partition coefficient (Wildman–Crippen LogP) is 3.99. The van der Waals surface area contributed by atoms with Gasteiger partial charge >= 0.3 is 7.12 Å². The third-order valence-corrected chi connectivity index (χ3v) is 5.05. The lowest BCUT2D eigenvalue weighted by Crippen LogP contribution is -2.41. The van der Waals surface area contributed by atoms with Crippen LogP contribution < -0.4 is 0 Å². The summed E-state index contributed by atoms with van der Waals surface area (Å²) in [7, 11) is -0.290. The van der Waals surface area contributed by atoms with Crippen molar-refractivity contribution in [2.75, 3.05) is 0 Å². The van der Waals surface area contributed by atoms with Crippen LogP contribution in [0.5, 0.6) is 0 Å². The molecule has 2 heterocycles. The monoisotopic (exact) mass is 285 g/mol. The maximum Gasteiger partial charge on any atom is 0.487 e. The molecule has 1 aliphatic carbocycles. The second-order valence-corrected chi connectivity index (χ2v) is 7.13. The molecule has 2 fully saturated rings. The summed E-state index contributed by atoms with van der Waals surface area (Å²) in [4.78, 5) is 4.57. The van der Waals surface area contributed by atoms with E-state index in [1.165, 1.54) is 25.0 Å². The van der Waals surface area contributed by atoms with Gasteiger partial charge in [-0.1, -0.05) is 24.5 Å². The number of rotatable bonds is 3. The van der Waals surface area contributed by atoms with Gasteiger partial charge in [-0.05, 0) is 52.2 Å². The molecule has 1 aliphatic heterocycles. The lowest BCUT2D eigenvalue weighted by atomic mass is 9.82. The van der Waals surface area contributed by atoms with Crippen molar-refractivity contribution in [3.63, 3.8) is 0 Å². The van der Waals surface area contributed by atoms with E-state index >= 15 is 0 Å². The van der Waals surface area contributed by atoms with Gasteiger partial charge in [0.2, 0.25) is 0 Å². The first-order valence-corrected chi connectivity index (χ1v) is 7.87. The number of hydrogen-bond donors (Lipinski definition) is 0. The maximum atomic E-state index is 5.94. The zero-order chi connectivity index (χ0) is 15.1. The van der Waals surface area contributed by atoms with E-state index in [9.17, 15) is 0 Å². The molecule has 1 aromatic heterocycles. The molecular weight excluding hydrogens is 261 g/mol. The van der Waals surface area contributed by atoms with Crippen LogP contribution in [0.2, 0.25) is 0 Å². The lowest BCUT2D eigenvalue weighted by molar-refractivity contribution is 0.00578. The van der Waals surface area contributed by atoms with Crippen LogP contribution in [0.3, 0.4) is 0 Å². The van der Waals surface area contributed by atoms with Crippen molar-refractivity contribution in [2.24, 2.45) is 0 Å². The van der Waals surface area contributed by atoms with Crippen LogP contribution in [0.25, 0.3) is 6.08 Å². The smallest absolute Gasteiger partial charge is 0.400 e. The third kappa shape index (κ3) is 2.92. The van der Waals surface area contributed by atoms with Gasteiger partial charge < -0.3 is 9.31 Å². The maximum absolute atomic E-state index is 5.94. The minimum Gasteiger partial charge on any atom is -0.400 e. The molecule has 0 N–H and O–H groups in total. The summed E-state index contributed by atoms with van der Waals surface area (Å²) in [6, 6.07) is 4.27. The van der Waals surface area contributed by atoms with Gasteiger partial charge in [-0.25, -0.2) is 0 Å². The van der Waals surface area contributed by atoms with Crippen molar-refractivity contribution in [2.45, 2.75) is 64.1 Å². The molecule has 0 bridgehead atoms. The average molecular weight is 285 g/mol. The van der Waals surface area contributed by atoms with E-state index in [2.05, 4.69) is 44.8 Å². The second kappa shape index (κ2) is 5.26. The Morgan fingerprint density at radius 2 is 1.81 bits per heavy atom. The molecule has 0 unspecified atom stereocenters. The van der Waals surface area contributed by atoms with Crippen LogP contribution in [0.15, 0.2) is 24.3 Å². The number of aromatic nitrogens is 1.